The Kier molecular flexibility index (Phi) is 2.54. The van der Waals surface area contributed by atoms with Crippen LogP contribution in [0.15, 0.2) is 22.9 Å². The standard InChI is InChI=1S/C11H12BrNO2/c1-7-3-11(4-7,10(14)15)8-2-9(12)6-13-5-8/h2,5-7H,3-4H2,1H3,(H,14,15). The third kappa shape index (κ3) is 1.67. The molecule has 1 aliphatic rings. The molecule has 15 heavy (non-hydrogen) atoms. The minimum atomic E-state index is -0.736. The summed E-state index contributed by atoms with van der Waals surface area (Å²) in [7, 11) is 0. The minimum absolute atomic E-state index is 0.486. The Bertz CT molecular complexity index is 399. The minimum Gasteiger partial charge on any atom is -0.481 e. The van der Waals surface area contributed by atoms with Crippen LogP contribution in [0, 0.1) is 5.92 Å². The second kappa shape index (κ2) is 3.59. The maximum atomic E-state index is 11.3. The molecule has 4 heteroatoms. The topological polar surface area (TPSA) is 50.2 Å². The molecular weight excluding hydrogens is 258 g/mol. The van der Waals surface area contributed by atoms with Crippen LogP contribution in [0.2, 0.25) is 0 Å². The molecule has 1 aromatic heterocycles. The fourth-order valence-electron chi connectivity index (χ4n) is 2.34. The van der Waals surface area contributed by atoms with Gasteiger partial charge in [-0.1, -0.05) is 6.92 Å². The molecule has 1 aromatic rings. The van der Waals surface area contributed by atoms with Gasteiger partial charge in [-0.2, -0.15) is 0 Å². The van der Waals surface area contributed by atoms with Crippen LogP contribution >= 0.6 is 15.9 Å². The third-order valence-electron chi connectivity index (χ3n) is 3.06. The van der Waals surface area contributed by atoms with Gasteiger partial charge in [-0.05, 0) is 46.3 Å². The molecule has 1 fully saturated rings. The SMILES string of the molecule is CC1CC(C(=O)O)(c2cncc(Br)c2)C1. The summed E-state index contributed by atoms with van der Waals surface area (Å²) in [6.45, 7) is 2.08. The van der Waals surface area contributed by atoms with E-state index >= 15 is 0 Å². The van der Waals surface area contributed by atoms with Crippen molar-refractivity contribution in [3.05, 3.63) is 28.5 Å². The van der Waals surface area contributed by atoms with Crippen molar-refractivity contribution in [2.24, 2.45) is 5.92 Å². The Labute approximate surface area is 96.7 Å². The highest BCUT2D eigenvalue weighted by atomic mass is 79.9. The normalized spacial score (nSPS) is 29.6. The van der Waals surface area contributed by atoms with Crippen molar-refractivity contribution in [3.8, 4) is 0 Å². The van der Waals surface area contributed by atoms with E-state index in [1.54, 1.807) is 12.4 Å². The summed E-state index contributed by atoms with van der Waals surface area (Å²) in [5.74, 6) is -0.249. The van der Waals surface area contributed by atoms with Gasteiger partial charge in [0.25, 0.3) is 0 Å². The van der Waals surface area contributed by atoms with E-state index in [-0.39, 0.29) is 0 Å². The van der Waals surface area contributed by atoms with E-state index < -0.39 is 11.4 Å². The predicted octanol–water partition coefficient (Wildman–Crippen LogP) is 2.60. The van der Waals surface area contributed by atoms with Crippen molar-refractivity contribution >= 4 is 21.9 Å². The monoisotopic (exact) mass is 269 g/mol. The van der Waals surface area contributed by atoms with Crippen LogP contribution in [-0.2, 0) is 10.2 Å². The maximum absolute atomic E-state index is 11.3. The number of carboxylic acid groups (broad SMARTS) is 1. The van der Waals surface area contributed by atoms with Crippen LogP contribution in [0.3, 0.4) is 0 Å². The van der Waals surface area contributed by atoms with Gasteiger partial charge >= 0.3 is 5.97 Å². The van der Waals surface area contributed by atoms with E-state index in [1.165, 1.54) is 0 Å². The molecule has 80 valence electrons. The number of nitrogens with zero attached hydrogens (tertiary/aromatic N) is 1. The molecule has 1 saturated carbocycles. The van der Waals surface area contributed by atoms with E-state index in [0.717, 1.165) is 10.0 Å². The van der Waals surface area contributed by atoms with Gasteiger partial charge < -0.3 is 5.11 Å². The Morgan fingerprint density at radius 1 is 1.60 bits per heavy atom. The third-order valence-corrected chi connectivity index (χ3v) is 3.49. The van der Waals surface area contributed by atoms with E-state index in [2.05, 4.69) is 27.8 Å². The number of carbonyl (C=O) groups is 1. The predicted molar refractivity (Wildman–Crippen MR) is 59.6 cm³/mol. The summed E-state index contributed by atoms with van der Waals surface area (Å²) in [6, 6.07) is 1.85. The number of aromatic nitrogens is 1. The average molecular weight is 270 g/mol. The van der Waals surface area contributed by atoms with E-state index in [9.17, 15) is 9.90 Å². The lowest BCUT2D eigenvalue weighted by Crippen LogP contribution is -2.47. The Morgan fingerprint density at radius 3 is 2.73 bits per heavy atom. The van der Waals surface area contributed by atoms with Crippen molar-refractivity contribution in [1.29, 1.82) is 0 Å². The fraction of sp³-hybridized carbons (Fsp3) is 0.455. The van der Waals surface area contributed by atoms with Crippen molar-refractivity contribution in [3.63, 3.8) is 0 Å². The summed E-state index contributed by atoms with van der Waals surface area (Å²) in [5, 5.41) is 9.30. The number of halogens is 1. The van der Waals surface area contributed by atoms with Gasteiger partial charge in [0.2, 0.25) is 0 Å². The van der Waals surface area contributed by atoms with Gasteiger partial charge in [0.15, 0.2) is 0 Å². The molecule has 0 saturated heterocycles. The molecule has 0 atom stereocenters. The first-order valence-electron chi connectivity index (χ1n) is 4.89. The average Bonchev–Trinajstić information content (AvgIpc) is 2.12. The van der Waals surface area contributed by atoms with Gasteiger partial charge in [0.1, 0.15) is 0 Å². The second-order valence-corrected chi connectivity index (χ2v) is 5.21. The lowest BCUT2D eigenvalue weighted by Gasteiger charge is -2.43. The Hall–Kier alpha value is -0.900. The van der Waals surface area contributed by atoms with Gasteiger partial charge in [-0.15, -0.1) is 0 Å². The number of hydrogen-bond acceptors (Lipinski definition) is 2. The molecule has 0 radical (unpaired) electrons. The fourth-order valence-corrected chi connectivity index (χ4v) is 2.70. The molecule has 3 nitrogen and oxygen atoms in total. The van der Waals surface area contributed by atoms with Gasteiger partial charge in [-0.25, -0.2) is 0 Å². The summed E-state index contributed by atoms with van der Waals surface area (Å²) in [4.78, 5) is 15.3. The molecule has 2 rings (SSSR count). The van der Waals surface area contributed by atoms with Crippen molar-refractivity contribution < 1.29 is 9.90 Å². The van der Waals surface area contributed by atoms with Crippen LogP contribution < -0.4 is 0 Å². The van der Waals surface area contributed by atoms with E-state index in [4.69, 9.17) is 0 Å². The zero-order valence-corrected chi connectivity index (χ0v) is 9.99. The zero-order chi connectivity index (χ0) is 11.1. The Balaban J connectivity index is 2.39. The summed E-state index contributed by atoms with van der Waals surface area (Å²) >= 11 is 3.32. The first-order chi connectivity index (χ1) is 7.04. The van der Waals surface area contributed by atoms with Crippen LogP contribution in [0.25, 0.3) is 0 Å². The molecule has 1 N–H and O–H groups in total. The smallest absolute Gasteiger partial charge is 0.314 e. The number of rotatable bonds is 2. The van der Waals surface area contributed by atoms with Crippen LogP contribution in [0.1, 0.15) is 25.3 Å². The number of hydrogen-bond donors (Lipinski definition) is 1. The molecule has 0 aliphatic heterocycles. The van der Waals surface area contributed by atoms with E-state index in [1.807, 2.05) is 6.07 Å². The number of carboxylic acids is 1. The first-order valence-corrected chi connectivity index (χ1v) is 5.68. The molecule has 0 aromatic carbocycles. The quantitative estimate of drug-likeness (QED) is 0.898. The summed E-state index contributed by atoms with van der Waals surface area (Å²) in [5.41, 5.74) is 0.110. The molecule has 1 aliphatic carbocycles. The van der Waals surface area contributed by atoms with Crippen LogP contribution in [-0.4, -0.2) is 16.1 Å². The molecule has 0 bridgehead atoms. The van der Waals surface area contributed by atoms with E-state index in [0.29, 0.717) is 18.8 Å². The maximum Gasteiger partial charge on any atom is 0.314 e. The lowest BCUT2D eigenvalue weighted by molar-refractivity contribution is -0.149. The summed E-state index contributed by atoms with van der Waals surface area (Å²) < 4.78 is 0.833. The second-order valence-electron chi connectivity index (χ2n) is 4.29. The molecular formula is C11H12BrNO2. The van der Waals surface area contributed by atoms with Gasteiger partial charge in [0.05, 0.1) is 5.41 Å². The highest BCUT2D eigenvalue weighted by molar-refractivity contribution is 9.10. The van der Waals surface area contributed by atoms with Crippen molar-refractivity contribution in [2.75, 3.05) is 0 Å². The van der Waals surface area contributed by atoms with Crippen molar-refractivity contribution in [2.45, 2.75) is 25.2 Å². The molecule has 0 unspecified atom stereocenters. The van der Waals surface area contributed by atoms with Crippen LogP contribution in [0.5, 0.6) is 0 Å². The summed E-state index contributed by atoms with van der Waals surface area (Å²) in [6.07, 6.45) is 4.74. The number of aliphatic carboxylic acids is 1. The largest absolute Gasteiger partial charge is 0.481 e. The highest BCUT2D eigenvalue weighted by Crippen LogP contribution is 2.47. The highest BCUT2D eigenvalue weighted by Gasteiger charge is 2.50. The zero-order valence-electron chi connectivity index (χ0n) is 8.40. The molecule has 1 heterocycles. The van der Waals surface area contributed by atoms with Crippen LogP contribution in [0.4, 0.5) is 0 Å². The van der Waals surface area contributed by atoms with Gasteiger partial charge in [-0.3, -0.25) is 9.78 Å². The number of pyridine rings is 1. The molecule has 0 amide bonds. The van der Waals surface area contributed by atoms with Gasteiger partial charge in [0, 0.05) is 16.9 Å². The Morgan fingerprint density at radius 2 is 2.27 bits per heavy atom. The lowest BCUT2D eigenvalue weighted by atomic mass is 9.59. The van der Waals surface area contributed by atoms with Crippen molar-refractivity contribution in [1.82, 2.24) is 4.98 Å². The molecule has 0 spiro atoms. The first kappa shape index (κ1) is 10.6.